The van der Waals surface area contributed by atoms with Gasteiger partial charge in [0.25, 0.3) is 5.69 Å². The van der Waals surface area contributed by atoms with Crippen molar-refractivity contribution >= 4 is 17.3 Å². The van der Waals surface area contributed by atoms with Gasteiger partial charge in [-0.1, -0.05) is 30.3 Å². The first-order valence-corrected chi connectivity index (χ1v) is 8.13. The summed E-state index contributed by atoms with van der Waals surface area (Å²) in [6.07, 6.45) is 0.950. The molecule has 7 nitrogen and oxygen atoms in total. The molecule has 7 heteroatoms. The molecule has 0 aromatic heterocycles. The summed E-state index contributed by atoms with van der Waals surface area (Å²) in [5, 5.41) is 16.9. The van der Waals surface area contributed by atoms with Gasteiger partial charge in [-0.15, -0.1) is 0 Å². The third kappa shape index (κ3) is 4.06. The molecule has 2 aromatic rings. The zero-order chi connectivity index (χ0) is 17.6. The molecule has 25 heavy (non-hydrogen) atoms. The highest BCUT2D eigenvalue weighted by Gasteiger charge is 2.22. The van der Waals surface area contributed by atoms with Crippen LogP contribution in [0.5, 0.6) is 5.75 Å². The molecule has 0 bridgehead atoms. The van der Waals surface area contributed by atoms with Crippen LogP contribution >= 0.6 is 0 Å². The lowest BCUT2D eigenvalue weighted by Gasteiger charge is -2.26. The highest BCUT2D eigenvalue weighted by molar-refractivity contribution is 5.77. The summed E-state index contributed by atoms with van der Waals surface area (Å²) in [6.45, 7) is 0.887. The van der Waals surface area contributed by atoms with Crippen molar-refractivity contribution in [3.05, 3.63) is 64.2 Å². The largest absolute Gasteiger partial charge is 0.493 e. The number of carbonyl (C=O) groups is 1. The maximum Gasteiger partial charge on any atom is 0.292 e. The fraction of sp³-hybridized carbons (Fsp3) is 0.278. The SMILES string of the molecule is O=C(CCNc1ccccc1[N+](=O)[O-])N[C@H]1CCOc2ccccc21. The van der Waals surface area contributed by atoms with E-state index in [1.807, 2.05) is 24.3 Å². The molecule has 3 rings (SSSR count). The lowest BCUT2D eigenvalue weighted by atomic mass is 10.0. The van der Waals surface area contributed by atoms with E-state index in [-0.39, 0.29) is 24.1 Å². The van der Waals surface area contributed by atoms with Gasteiger partial charge in [0.05, 0.1) is 17.6 Å². The summed E-state index contributed by atoms with van der Waals surface area (Å²) in [7, 11) is 0. The maximum atomic E-state index is 12.2. The fourth-order valence-electron chi connectivity index (χ4n) is 2.85. The van der Waals surface area contributed by atoms with Gasteiger partial charge in [0.1, 0.15) is 11.4 Å². The predicted molar refractivity (Wildman–Crippen MR) is 93.6 cm³/mol. The van der Waals surface area contributed by atoms with Gasteiger partial charge in [-0.2, -0.15) is 0 Å². The summed E-state index contributed by atoms with van der Waals surface area (Å²) < 4.78 is 5.58. The van der Waals surface area contributed by atoms with Crippen molar-refractivity contribution < 1.29 is 14.5 Å². The molecule has 1 amide bonds. The van der Waals surface area contributed by atoms with Gasteiger partial charge in [-0.25, -0.2) is 0 Å². The second-order valence-electron chi connectivity index (χ2n) is 5.75. The van der Waals surface area contributed by atoms with Crippen LogP contribution in [0.1, 0.15) is 24.4 Å². The number of nitrogens with one attached hydrogen (secondary N) is 2. The van der Waals surface area contributed by atoms with Crippen molar-refractivity contribution in [2.24, 2.45) is 0 Å². The highest BCUT2D eigenvalue weighted by atomic mass is 16.6. The Morgan fingerprint density at radius 1 is 1.20 bits per heavy atom. The van der Waals surface area contributed by atoms with E-state index in [9.17, 15) is 14.9 Å². The van der Waals surface area contributed by atoms with E-state index >= 15 is 0 Å². The number of carbonyl (C=O) groups excluding carboxylic acids is 1. The number of amides is 1. The number of nitro groups is 1. The van der Waals surface area contributed by atoms with E-state index in [0.29, 0.717) is 18.8 Å². The zero-order valence-corrected chi connectivity index (χ0v) is 13.6. The van der Waals surface area contributed by atoms with Gasteiger partial charge in [-0.05, 0) is 12.1 Å². The summed E-state index contributed by atoms with van der Waals surface area (Å²) in [6, 6.07) is 14.0. The number of hydrogen-bond donors (Lipinski definition) is 2. The number of nitrogens with zero attached hydrogens (tertiary/aromatic N) is 1. The van der Waals surface area contributed by atoms with Gasteiger partial charge in [0, 0.05) is 31.0 Å². The molecule has 1 aliphatic rings. The molecule has 0 radical (unpaired) electrons. The van der Waals surface area contributed by atoms with Crippen LogP contribution in [0.3, 0.4) is 0 Å². The monoisotopic (exact) mass is 341 g/mol. The van der Waals surface area contributed by atoms with Crippen molar-refractivity contribution in [2.45, 2.75) is 18.9 Å². The van der Waals surface area contributed by atoms with Crippen molar-refractivity contribution in [1.82, 2.24) is 5.32 Å². The van der Waals surface area contributed by atoms with Crippen molar-refractivity contribution in [1.29, 1.82) is 0 Å². The molecule has 0 spiro atoms. The molecular weight excluding hydrogens is 322 g/mol. The Balaban J connectivity index is 1.54. The molecular formula is C18H19N3O4. The summed E-state index contributed by atoms with van der Waals surface area (Å²) in [5.74, 6) is 0.699. The normalized spacial score (nSPS) is 15.6. The minimum absolute atomic E-state index is 0.00117. The van der Waals surface area contributed by atoms with E-state index < -0.39 is 4.92 Å². The summed E-state index contributed by atoms with van der Waals surface area (Å²) >= 11 is 0. The quantitative estimate of drug-likeness (QED) is 0.622. The molecule has 0 fully saturated rings. The molecule has 130 valence electrons. The average Bonchev–Trinajstić information content (AvgIpc) is 2.62. The van der Waals surface area contributed by atoms with Crippen LogP contribution in [0.15, 0.2) is 48.5 Å². The lowest BCUT2D eigenvalue weighted by Crippen LogP contribution is -2.33. The molecule has 0 aliphatic carbocycles. The van der Waals surface area contributed by atoms with Crippen molar-refractivity contribution in [2.75, 3.05) is 18.5 Å². The topological polar surface area (TPSA) is 93.5 Å². The Morgan fingerprint density at radius 2 is 1.96 bits per heavy atom. The van der Waals surface area contributed by atoms with Crippen LogP contribution in [0, 0.1) is 10.1 Å². The number of benzene rings is 2. The molecule has 1 aliphatic heterocycles. The predicted octanol–water partition coefficient (Wildman–Crippen LogP) is 3.04. The number of ether oxygens (including phenoxy) is 1. The Bertz CT molecular complexity index is 778. The van der Waals surface area contributed by atoms with Crippen molar-refractivity contribution in [3.8, 4) is 5.75 Å². The van der Waals surface area contributed by atoms with Crippen LogP contribution in [0.25, 0.3) is 0 Å². The van der Waals surface area contributed by atoms with Crippen LogP contribution in [0.2, 0.25) is 0 Å². The number of anilines is 1. The molecule has 1 heterocycles. The standard InChI is InChI=1S/C18H19N3O4/c22-18(9-11-19-15-6-2-3-7-16(15)21(23)24)20-14-10-12-25-17-8-4-1-5-13(14)17/h1-8,14,19H,9-12H2,(H,20,22)/t14-/m0/s1. The Hall–Kier alpha value is -3.09. The molecule has 0 saturated carbocycles. The first-order chi connectivity index (χ1) is 12.1. The second-order valence-corrected chi connectivity index (χ2v) is 5.75. The second kappa shape index (κ2) is 7.65. The van der Waals surface area contributed by atoms with E-state index in [2.05, 4.69) is 10.6 Å². The van der Waals surface area contributed by atoms with Crippen LogP contribution in [-0.2, 0) is 4.79 Å². The van der Waals surface area contributed by atoms with Crippen LogP contribution in [0.4, 0.5) is 11.4 Å². The average molecular weight is 341 g/mol. The lowest BCUT2D eigenvalue weighted by molar-refractivity contribution is -0.384. The number of para-hydroxylation sites is 3. The van der Waals surface area contributed by atoms with E-state index in [4.69, 9.17) is 4.74 Å². The van der Waals surface area contributed by atoms with E-state index in [1.54, 1.807) is 18.2 Å². The minimum Gasteiger partial charge on any atom is -0.493 e. The molecule has 2 aromatic carbocycles. The number of hydrogen-bond acceptors (Lipinski definition) is 5. The first kappa shape index (κ1) is 16.8. The number of rotatable bonds is 6. The molecule has 0 unspecified atom stereocenters. The first-order valence-electron chi connectivity index (χ1n) is 8.13. The van der Waals surface area contributed by atoms with Crippen LogP contribution in [-0.4, -0.2) is 24.0 Å². The van der Waals surface area contributed by atoms with Crippen molar-refractivity contribution in [3.63, 3.8) is 0 Å². The number of nitro benzene ring substituents is 1. The maximum absolute atomic E-state index is 12.2. The highest BCUT2D eigenvalue weighted by Crippen LogP contribution is 2.31. The molecule has 1 atom stereocenters. The Labute approximate surface area is 145 Å². The Kier molecular flexibility index (Phi) is 5.13. The zero-order valence-electron chi connectivity index (χ0n) is 13.6. The van der Waals surface area contributed by atoms with Crippen LogP contribution < -0.4 is 15.4 Å². The van der Waals surface area contributed by atoms with Gasteiger partial charge < -0.3 is 15.4 Å². The minimum atomic E-state index is -0.443. The van der Waals surface area contributed by atoms with Gasteiger partial charge in [-0.3, -0.25) is 14.9 Å². The van der Waals surface area contributed by atoms with E-state index in [1.165, 1.54) is 6.07 Å². The molecule has 2 N–H and O–H groups in total. The third-order valence-corrected chi connectivity index (χ3v) is 4.06. The van der Waals surface area contributed by atoms with Gasteiger partial charge >= 0.3 is 0 Å². The Morgan fingerprint density at radius 3 is 2.80 bits per heavy atom. The smallest absolute Gasteiger partial charge is 0.292 e. The third-order valence-electron chi connectivity index (χ3n) is 4.06. The van der Waals surface area contributed by atoms with Gasteiger partial charge in [0.15, 0.2) is 0 Å². The summed E-state index contributed by atoms with van der Waals surface area (Å²) in [5.41, 5.74) is 1.40. The van der Waals surface area contributed by atoms with Gasteiger partial charge in [0.2, 0.25) is 5.91 Å². The number of fused-ring (bicyclic) bond motifs is 1. The molecule has 0 saturated heterocycles. The fourth-order valence-corrected chi connectivity index (χ4v) is 2.85. The van der Waals surface area contributed by atoms with E-state index in [0.717, 1.165) is 17.7 Å². The summed E-state index contributed by atoms with van der Waals surface area (Å²) in [4.78, 5) is 22.7.